The van der Waals surface area contributed by atoms with Crippen LogP contribution in [-0.2, 0) is 11.8 Å². The number of rotatable bonds is 3. The number of nitrogens with one attached hydrogen (secondary N) is 1. The Bertz CT molecular complexity index is 1100. The molecule has 0 radical (unpaired) electrons. The van der Waals surface area contributed by atoms with Gasteiger partial charge >= 0.3 is 0 Å². The van der Waals surface area contributed by atoms with Gasteiger partial charge in [-0.3, -0.25) is 14.5 Å². The predicted octanol–water partition coefficient (Wildman–Crippen LogP) is 4.27. The summed E-state index contributed by atoms with van der Waals surface area (Å²) in [7, 11) is 5.75. The number of nitrogens with zero attached hydrogens (tertiary/aromatic N) is 4. The molecule has 2 heterocycles. The Morgan fingerprint density at radius 3 is 2.64 bits per heavy atom. The second kappa shape index (κ2) is 7.13. The van der Waals surface area contributed by atoms with Gasteiger partial charge in [0.25, 0.3) is 0 Å². The van der Waals surface area contributed by atoms with E-state index in [4.69, 9.17) is 16.6 Å². The number of aliphatic imine (C=N–C) groups is 1. The molecule has 0 saturated carbocycles. The number of aryl methyl sites for hydroxylation is 1. The summed E-state index contributed by atoms with van der Waals surface area (Å²) in [5, 5.41) is 7.71. The van der Waals surface area contributed by atoms with Crippen LogP contribution in [0.25, 0.3) is 11.3 Å². The Morgan fingerprint density at radius 1 is 1.14 bits per heavy atom. The van der Waals surface area contributed by atoms with Crippen molar-refractivity contribution in [3.05, 3.63) is 59.2 Å². The zero-order valence-electron chi connectivity index (χ0n) is 15.9. The number of benzene rings is 2. The molecule has 2 aromatic carbocycles. The van der Waals surface area contributed by atoms with Crippen molar-refractivity contribution in [2.45, 2.75) is 6.42 Å². The van der Waals surface area contributed by atoms with Gasteiger partial charge in [0.2, 0.25) is 5.91 Å². The summed E-state index contributed by atoms with van der Waals surface area (Å²) in [6.45, 7) is 0. The number of hydrogen-bond donors (Lipinski definition) is 1. The van der Waals surface area contributed by atoms with Crippen molar-refractivity contribution in [1.29, 1.82) is 0 Å². The van der Waals surface area contributed by atoms with Gasteiger partial charge in [0.1, 0.15) is 0 Å². The normalized spacial score (nSPS) is 13.4. The van der Waals surface area contributed by atoms with E-state index < -0.39 is 0 Å². The summed E-state index contributed by atoms with van der Waals surface area (Å²) in [4.78, 5) is 19.2. The number of anilines is 2. The number of aromatic nitrogens is 2. The summed E-state index contributed by atoms with van der Waals surface area (Å²) >= 11 is 6.35. The number of amides is 1. The van der Waals surface area contributed by atoms with E-state index in [2.05, 4.69) is 10.4 Å². The molecule has 142 valence electrons. The molecule has 1 aliphatic heterocycles. The first kappa shape index (κ1) is 18.3. The van der Waals surface area contributed by atoms with Crippen molar-refractivity contribution in [3.8, 4) is 11.3 Å². The van der Waals surface area contributed by atoms with E-state index in [-0.39, 0.29) is 12.3 Å². The van der Waals surface area contributed by atoms with Crippen molar-refractivity contribution in [2.75, 3.05) is 24.3 Å². The molecule has 0 atom stereocenters. The fourth-order valence-corrected chi connectivity index (χ4v) is 3.63. The van der Waals surface area contributed by atoms with Crippen LogP contribution in [0.4, 0.5) is 17.1 Å². The lowest BCUT2D eigenvalue weighted by Gasteiger charge is -2.16. The number of carbonyl (C=O) groups is 1. The minimum absolute atomic E-state index is 0.114. The third-order valence-electron chi connectivity index (χ3n) is 4.72. The lowest BCUT2D eigenvalue weighted by molar-refractivity contribution is -0.115. The van der Waals surface area contributed by atoms with Crippen molar-refractivity contribution >= 4 is 40.3 Å². The average molecular weight is 394 g/mol. The first-order chi connectivity index (χ1) is 13.4. The second-order valence-electron chi connectivity index (χ2n) is 6.92. The summed E-state index contributed by atoms with van der Waals surface area (Å²) in [6.07, 6.45) is 1.96. The van der Waals surface area contributed by atoms with Crippen molar-refractivity contribution < 1.29 is 4.79 Å². The Morgan fingerprint density at radius 2 is 1.93 bits per heavy atom. The number of carbonyl (C=O) groups excluding carboxylic acids is 1. The SMILES string of the molecule is CN(C)c1cc2c(cc1Cl)NC(=O)CC(c1cccc(-c3ccnn3C)c1)=N2. The molecule has 0 unspecified atom stereocenters. The minimum atomic E-state index is -0.114. The van der Waals surface area contributed by atoms with Crippen LogP contribution < -0.4 is 10.2 Å². The monoisotopic (exact) mass is 393 g/mol. The van der Waals surface area contributed by atoms with E-state index in [1.54, 1.807) is 12.3 Å². The predicted molar refractivity (Wildman–Crippen MR) is 114 cm³/mol. The molecule has 6 nitrogen and oxygen atoms in total. The molecular weight excluding hydrogens is 374 g/mol. The Kier molecular flexibility index (Phi) is 4.65. The fraction of sp³-hybridized carbons (Fsp3) is 0.190. The van der Waals surface area contributed by atoms with Crippen LogP contribution in [0.2, 0.25) is 5.02 Å². The van der Waals surface area contributed by atoms with E-state index in [9.17, 15) is 4.79 Å². The maximum absolute atomic E-state index is 12.5. The van der Waals surface area contributed by atoms with Gasteiger partial charge in [-0.25, -0.2) is 0 Å². The molecular formula is C21H20ClN5O. The van der Waals surface area contributed by atoms with E-state index in [1.807, 2.05) is 67.1 Å². The highest BCUT2D eigenvalue weighted by Crippen LogP contribution is 2.38. The Labute approximate surface area is 168 Å². The van der Waals surface area contributed by atoms with Gasteiger partial charge in [-0.2, -0.15) is 5.10 Å². The molecule has 7 heteroatoms. The Hall–Kier alpha value is -3.12. The molecule has 28 heavy (non-hydrogen) atoms. The van der Waals surface area contributed by atoms with Gasteiger partial charge in [-0.05, 0) is 29.8 Å². The van der Waals surface area contributed by atoms with Gasteiger partial charge in [0, 0.05) is 32.9 Å². The van der Waals surface area contributed by atoms with E-state index in [0.29, 0.717) is 22.1 Å². The molecule has 1 amide bonds. The molecule has 1 N–H and O–H groups in total. The van der Waals surface area contributed by atoms with Crippen LogP contribution >= 0.6 is 11.6 Å². The van der Waals surface area contributed by atoms with Gasteiger partial charge < -0.3 is 10.2 Å². The minimum Gasteiger partial charge on any atom is -0.376 e. The standard InChI is InChI=1S/C21H20ClN5O/c1-26(2)20-11-18-17(10-15(20)22)25-21(28)12-16(24-18)13-5-4-6-14(9-13)19-7-8-23-27(19)3/h4-11H,12H2,1-3H3,(H,25,28). The summed E-state index contributed by atoms with van der Waals surface area (Å²) in [5.41, 5.74) is 5.81. The van der Waals surface area contributed by atoms with Crippen LogP contribution in [0, 0.1) is 0 Å². The average Bonchev–Trinajstić information content (AvgIpc) is 3.01. The third kappa shape index (κ3) is 3.39. The molecule has 0 aliphatic carbocycles. The second-order valence-corrected chi connectivity index (χ2v) is 7.33. The first-order valence-corrected chi connectivity index (χ1v) is 9.27. The van der Waals surface area contributed by atoms with Crippen LogP contribution in [0.15, 0.2) is 53.7 Å². The smallest absolute Gasteiger partial charge is 0.230 e. The van der Waals surface area contributed by atoms with E-state index in [0.717, 1.165) is 22.5 Å². The van der Waals surface area contributed by atoms with Crippen LogP contribution in [-0.4, -0.2) is 35.5 Å². The van der Waals surface area contributed by atoms with Gasteiger partial charge in [0.15, 0.2) is 0 Å². The van der Waals surface area contributed by atoms with Crippen LogP contribution in [0.3, 0.4) is 0 Å². The molecule has 1 aliphatic rings. The summed E-state index contributed by atoms with van der Waals surface area (Å²) in [6, 6.07) is 13.6. The molecule has 0 saturated heterocycles. The van der Waals surface area contributed by atoms with Crippen molar-refractivity contribution in [2.24, 2.45) is 12.0 Å². The zero-order valence-corrected chi connectivity index (χ0v) is 16.7. The first-order valence-electron chi connectivity index (χ1n) is 8.89. The highest BCUT2D eigenvalue weighted by molar-refractivity contribution is 6.34. The van der Waals surface area contributed by atoms with Gasteiger partial charge in [-0.15, -0.1) is 0 Å². The number of fused-ring (bicyclic) bond motifs is 1. The highest BCUT2D eigenvalue weighted by Gasteiger charge is 2.20. The Balaban J connectivity index is 1.82. The third-order valence-corrected chi connectivity index (χ3v) is 5.02. The van der Waals surface area contributed by atoms with Crippen LogP contribution in [0.5, 0.6) is 0 Å². The topological polar surface area (TPSA) is 62.5 Å². The molecule has 4 rings (SSSR count). The number of halogens is 1. The summed E-state index contributed by atoms with van der Waals surface area (Å²) < 4.78 is 1.82. The highest BCUT2D eigenvalue weighted by atomic mass is 35.5. The maximum Gasteiger partial charge on any atom is 0.230 e. The van der Waals surface area contributed by atoms with Crippen molar-refractivity contribution in [3.63, 3.8) is 0 Å². The molecule has 0 bridgehead atoms. The molecule has 0 fully saturated rings. The number of hydrogen-bond acceptors (Lipinski definition) is 4. The zero-order chi connectivity index (χ0) is 19.8. The van der Waals surface area contributed by atoms with Crippen LogP contribution in [0.1, 0.15) is 12.0 Å². The maximum atomic E-state index is 12.5. The molecule has 3 aromatic rings. The van der Waals surface area contributed by atoms with E-state index >= 15 is 0 Å². The lowest BCUT2D eigenvalue weighted by Crippen LogP contribution is -2.15. The fourth-order valence-electron chi connectivity index (χ4n) is 3.30. The molecule has 1 aromatic heterocycles. The van der Waals surface area contributed by atoms with Gasteiger partial charge in [0.05, 0.1) is 39.9 Å². The summed E-state index contributed by atoms with van der Waals surface area (Å²) in [5.74, 6) is -0.114. The quantitative estimate of drug-likeness (QED) is 0.722. The van der Waals surface area contributed by atoms with Crippen molar-refractivity contribution in [1.82, 2.24) is 9.78 Å². The van der Waals surface area contributed by atoms with Gasteiger partial charge in [-0.1, -0.05) is 29.8 Å². The van der Waals surface area contributed by atoms with E-state index in [1.165, 1.54) is 0 Å². The lowest BCUT2D eigenvalue weighted by atomic mass is 10.0. The molecule has 0 spiro atoms. The largest absolute Gasteiger partial charge is 0.376 e.